The van der Waals surface area contributed by atoms with Crippen molar-refractivity contribution < 1.29 is 31.9 Å². The highest BCUT2D eigenvalue weighted by atomic mass is 35.5. The first-order valence-electron chi connectivity index (χ1n) is 13.8. The van der Waals surface area contributed by atoms with E-state index in [4.69, 9.17) is 25.5 Å². The average Bonchev–Trinajstić information content (AvgIpc) is 3.38. The fourth-order valence-corrected chi connectivity index (χ4v) is 6.67. The molecule has 1 N–H and O–H groups in total. The quantitative estimate of drug-likeness (QED) is 0.434. The highest BCUT2D eigenvalue weighted by Crippen LogP contribution is 2.36. The van der Waals surface area contributed by atoms with E-state index in [1.54, 1.807) is 51.1 Å². The summed E-state index contributed by atoms with van der Waals surface area (Å²) in [5.41, 5.74) is 0.000164. The number of fused-ring (bicyclic) bond motifs is 1. The number of alkyl carbamates (subject to hydrolysis) is 1. The normalized spacial score (nSPS) is 19.9. The van der Waals surface area contributed by atoms with E-state index >= 15 is 0 Å². The number of rotatable bonds is 5. The Hall–Kier alpha value is -3.68. The van der Waals surface area contributed by atoms with Crippen LogP contribution in [0.2, 0.25) is 5.02 Å². The number of carbonyl (C=O) groups is 2. The predicted molar refractivity (Wildman–Crippen MR) is 160 cm³/mol. The van der Waals surface area contributed by atoms with Crippen molar-refractivity contribution in [2.75, 3.05) is 35.2 Å². The number of hydrogen-bond donors (Lipinski definition) is 1. The Balaban J connectivity index is 1.53. The maximum atomic E-state index is 14.0. The molecule has 3 aromatic rings. The number of amides is 2. The molecule has 0 aliphatic carbocycles. The Morgan fingerprint density at radius 3 is 2.56 bits per heavy atom. The summed E-state index contributed by atoms with van der Waals surface area (Å²) in [6.07, 6.45) is -0.899. The third-order valence-corrected chi connectivity index (χ3v) is 8.88. The van der Waals surface area contributed by atoms with Gasteiger partial charge in [0.25, 0.3) is 5.91 Å². The Bertz CT molecular complexity index is 1630. The lowest BCUT2D eigenvalue weighted by molar-refractivity contribution is -0.120. The van der Waals surface area contributed by atoms with E-state index in [1.165, 1.54) is 17.0 Å². The van der Waals surface area contributed by atoms with Gasteiger partial charge in [0.2, 0.25) is 5.89 Å². The molecule has 230 valence electrons. The summed E-state index contributed by atoms with van der Waals surface area (Å²) in [7, 11) is -4.05. The second-order valence-electron chi connectivity index (χ2n) is 12.1. The molecule has 12 nitrogen and oxygen atoms in total. The lowest BCUT2D eigenvalue weighted by atomic mass is 10.1. The number of hydrogen-bond acceptors (Lipinski definition) is 10. The number of sulfone groups is 1. The molecular weight excluding hydrogens is 598 g/mol. The number of benzene rings is 2. The molecule has 0 saturated carbocycles. The molecule has 3 heterocycles. The van der Waals surface area contributed by atoms with Crippen molar-refractivity contribution in [3.05, 3.63) is 53.1 Å². The molecule has 14 heteroatoms. The smallest absolute Gasteiger partial charge is 0.408 e. The highest BCUT2D eigenvalue weighted by molar-refractivity contribution is 7.91. The molecule has 5 rings (SSSR count). The van der Waals surface area contributed by atoms with Gasteiger partial charge in [0.05, 0.1) is 41.6 Å². The van der Waals surface area contributed by atoms with Gasteiger partial charge in [-0.2, -0.15) is 0 Å². The lowest BCUT2D eigenvalue weighted by Gasteiger charge is -2.36. The second-order valence-corrected chi connectivity index (χ2v) is 14.6. The minimum Gasteiger partial charge on any atom is -0.444 e. The second kappa shape index (κ2) is 11.4. The van der Waals surface area contributed by atoms with Crippen molar-refractivity contribution in [2.45, 2.75) is 63.3 Å². The van der Waals surface area contributed by atoms with Gasteiger partial charge in [-0.3, -0.25) is 4.79 Å². The Kier molecular flexibility index (Phi) is 8.18. The standard InChI is InChI=1S/C29H34ClN5O7S/c1-28(2,3)42-27(37)31-21-16-43(38,39)23-11-8-19(24-32-33-26(41-24)34-12-13-40-29(4,5)17-34)14-22(23)35(25(21)36)15-18-6-9-20(30)10-7-18/h6-11,14,21H,12-13,15-17H2,1-5H3,(H,31,37)/t21-/m0/s1. The summed E-state index contributed by atoms with van der Waals surface area (Å²) in [5, 5.41) is 11.4. The molecule has 1 fully saturated rings. The van der Waals surface area contributed by atoms with Crippen LogP contribution in [0.4, 0.5) is 16.5 Å². The molecule has 0 unspecified atom stereocenters. The van der Waals surface area contributed by atoms with E-state index in [0.717, 1.165) is 0 Å². The van der Waals surface area contributed by atoms with Crippen molar-refractivity contribution in [3.8, 4) is 11.5 Å². The van der Waals surface area contributed by atoms with E-state index in [9.17, 15) is 18.0 Å². The molecule has 1 atom stereocenters. The number of halogens is 1. The Morgan fingerprint density at radius 2 is 1.88 bits per heavy atom. The molecular formula is C29H34ClN5O7S. The third-order valence-electron chi connectivity index (χ3n) is 6.84. The molecule has 2 aliphatic heterocycles. The number of nitrogens with zero attached hydrogens (tertiary/aromatic N) is 4. The van der Waals surface area contributed by atoms with Crippen molar-refractivity contribution in [2.24, 2.45) is 0 Å². The van der Waals surface area contributed by atoms with E-state index in [1.807, 2.05) is 18.7 Å². The zero-order valence-corrected chi connectivity index (χ0v) is 26.2. The summed E-state index contributed by atoms with van der Waals surface area (Å²) in [6.45, 7) is 10.6. The number of anilines is 2. The van der Waals surface area contributed by atoms with E-state index in [0.29, 0.717) is 41.9 Å². The van der Waals surface area contributed by atoms with Crippen molar-refractivity contribution in [1.82, 2.24) is 15.5 Å². The van der Waals surface area contributed by atoms with Crippen LogP contribution in [0.25, 0.3) is 11.5 Å². The average molecular weight is 632 g/mol. The van der Waals surface area contributed by atoms with Gasteiger partial charge in [0.1, 0.15) is 11.6 Å². The first-order chi connectivity index (χ1) is 20.1. The molecule has 1 aromatic heterocycles. The van der Waals surface area contributed by atoms with Gasteiger partial charge in [-0.25, -0.2) is 13.2 Å². The number of nitrogens with one attached hydrogen (secondary N) is 1. The van der Waals surface area contributed by atoms with Crippen LogP contribution in [0.3, 0.4) is 0 Å². The van der Waals surface area contributed by atoms with Gasteiger partial charge in [-0.1, -0.05) is 28.8 Å². The SMILES string of the molecule is CC(C)(C)OC(=O)N[C@H]1CS(=O)(=O)c2ccc(-c3nnc(N4CCOC(C)(C)C4)o3)cc2N(Cc2ccc(Cl)cc2)C1=O. The van der Waals surface area contributed by atoms with Gasteiger partial charge in [-0.05, 0) is 70.5 Å². The lowest BCUT2D eigenvalue weighted by Crippen LogP contribution is -2.51. The van der Waals surface area contributed by atoms with Crippen LogP contribution < -0.4 is 15.1 Å². The van der Waals surface area contributed by atoms with Crippen LogP contribution in [0, 0.1) is 0 Å². The van der Waals surface area contributed by atoms with Crippen LogP contribution in [0.5, 0.6) is 0 Å². The van der Waals surface area contributed by atoms with Gasteiger partial charge >= 0.3 is 12.1 Å². The van der Waals surface area contributed by atoms with Crippen LogP contribution in [-0.2, 0) is 30.7 Å². The van der Waals surface area contributed by atoms with Crippen LogP contribution in [-0.4, -0.2) is 73.3 Å². The highest BCUT2D eigenvalue weighted by Gasteiger charge is 2.40. The number of carbonyl (C=O) groups excluding carboxylic acids is 2. The minimum atomic E-state index is -4.05. The molecule has 2 amide bonds. The largest absolute Gasteiger partial charge is 0.444 e. The maximum Gasteiger partial charge on any atom is 0.408 e. The van der Waals surface area contributed by atoms with Crippen molar-refractivity contribution in [1.29, 1.82) is 0 Å². The van der Waals surface area contributed by atoms with Gasteiger partial charge < -0.3 is 29.0 Å². The number of morpholine rings is 1. The molecule has 1 saturated heterocycles. The fraction of sp³-hybridized carbons (Fsp3) is 0.448. The summed E-state index contributed by atoms with van der Waals surface area (Å²) in [4.78, 5) is 29.8. The zero-order valence-electron chi connectivity index (χ0n) is 24.6. The predicted octanol–water partition coefficient (Wildman–Crippen LogP) is 4.22. The van der Waals surface area contributed by atoms with E-state index in [-0.39, 0.29) is 23.0 Å². The monoisotopic (exact) mass is 631 g/mol. The summed E-state index contributed by atoms with van der Waals surface area (Å²) in [5.74, 6) is -1.11. The minimum absolute atomic E-state index is 0.00637. The van der Waals surface area contributed by atoms with E-state index in [2.05, 4.69) is 15.5 Å². The summed E-state index contributed by atoms with van der Waals surface area (Å²) in [6, 6.07) is 10.3. The van der Waals surface area contributed by atoms with Crippen LogP contribution >= 0.6 is 11.6 Å². The maximum absolute atomic E-state index is 14.0. The Morgan fingerprint density at radius 1 is 1.16 bits per heavy atom. The topological polar surface area (TPSA) is 144 Å². The van der Waals surface area contributed by atoms with Crippen molar-refractivity contribution >= 4 is 45.1 Å². The molecule has 0 bridgehead atoms. The third kappa shape index (κ3) is 7.11. The summed E-state index contributed by atoms with van der Waals surface area (Å²) < 4.78 is 44.3. The van der Waals surface area contributed by atoms with E-state index < -0.39 is 44.8 Å². The summed E-state index contributed by atoms with van der Waals surface area (Å²) >= 11 is 6.07. The van der Waals surface area contributed by atoms with Crippen LogP contribution in [0.1, 0.15) is 40.2 Å². The molecule has 0 spiro atoms. The molecule has 0 radical (unpaired) electrons. The fourth-order valence-electron chi connectivity index (χ4n) is 4.94. The first kappa shape index (κ1) is 30.8. The number of aromatic nitrogens is 2. The van der Waals surface area contributed by atoms with Gasteiger partial charge in [0, 0.05) is 17.1 Å². The number of ether oxygens (including phenoxy) is 2. The molecule has 2 aliphatic rings. The Labute approximate surface area is 255 Å². The van der Waals surface area contributed by atoms with Gasteiger partial charge in [0.15, 0.2) is 9.84 Å². The molecule has 43 heavy (non-hydrogen) atoms. The van der Waals surface area contributed by atoms with Crippen molar-refractivity contribution in [3.63, 3.8) is 0 Å². The van der Waals surface area contributed by atoms with Crippen LogP contribution in [0.15, 0.2) is 51.8 Å². The zero-order chi connectivity index (χ0) is 31.2. The van der Waals surface area contributed by atoms with Gasteiger partial charge in [-0.15, -0.1) is 5.10 Å². The molecule has 2 aromatic carbocycles. The first-order valence-corrected chi connectivity index (χ1v) is 15.8.